The van der Waals surface area contributed by atoms with Gasteiger partial charge >= 0.3 is 12.1 Å². The highest BCUT2D eigenvalue weighted by Gasteiger charge is 2.53. The van der Waals surface area contributed by atoms with Crippen molar-refractivity contribution in [3.8, 4) is 0 Å². The lowest BCUT2D eigenvalue weighted by molar-refractivity contribution is -0.171. The van der Waals surface area contributed by atoms with E-state index in [0.29, 0.717) is 16.4 Å². The molecule has 2 aliphatic heterocycles. The fourth-order valence-corrected chi connectivity index (χ4v) is 4.26. The molecule has 8 nitrogen and oxygen atoms in total. The van der Waals surface area contributed by atoms with E-state index in [0.717, 1.165) is 25.9 Å². The summed E-state index contributed by atoms with van der Waals surface area (Å²) in [5, 5.41) is 21.9. The van der Waals surface area contributed by atoms with Crippen molar-refractivity contribution in [3.63, 3.8) is 0 Å². The molecule has 31 heavy (non-hydrogen) atoms. The number of carbonyl (C=O) groups is 2. The summed E-state index contributed by atoms with van der Waals surface area (Å²) in [5.74, 6) is -0.475. The van der Waals surface area contributed by atoms with E-state index < -0.39 is 29.2 Å². The fraction of sp³-hybridized carbons (Fsp3) is 0.591. The van der Waals surface area contributed by atoms with E-state index in [1.165, 1.54) is 17.2 Å². The third kappa shape index (κ3) is 5.13. The summed E-state index contributed by atoms with van der Waals surface area (Å²) in [6, 6.07) is 3.32. The molecule has 1 saturated heterocycles. The minimum atomic E-state index is -1.46. The molecule has 2 aliphatic rings. The van der Waals surface area contributed by atoms with Gasteiger partial charge in [-0.3, -0.25) is 0 Å². The molecule has 0 bridgehead atoms. The number of aliphatic hydroxyl groups is 1. The maximum absolute atomic E-state index is 12.2. The van der Waals surface area contributed by atoms with E-state index >= 15 is 0 Å². The molecule has 0 radical (unpaired) electrons. The largest absolute Gasteiger partial charge is 0.465 e. The number of nitrogens with zero attached hydrogens (tertiary/aromatic N) is 3. The highest BCUT2D eigenvalue weighted by Crippen LogP contribution is 2.43. The molecule has 2 N–H and O–H groups in total. The average molecular weight is 452 g/mol. The Bertz CT molecular complexity index is 846. The average Bonchev–Trinajstić information content (AvgIpc) is 3.34. The van der Waals surface area contributed by atoms with Crippen molar-refractivity contribution < 1.29 is 24.5 Å². The number of hydrogen-bond acceptors (Lipinski definition) is 6. The van der Waals surface area contributed by atoms with E-state index in [2.05, 4.69) is 9.88 Å². The zero-order valence-electron chi connectivity index (χ0n) is 18.2. The van der Waals surface area contributed by atoms with Gasteiger partial charge in [0.15, 0.2) is 6.10 Å². The second-order valence-corrected chi connectivity index (χ2v) is 9.59. The monoisotopic (exact) mass is 451 g/mol. The van der Waals surface area contributed by atoms with Crippen molar-refractivity contribution in [1.82, 2.24) is 14.8 Å². The number of carboxylic acid groups (broad SMARTS) is 1. The predicted octanol–water partition coefficient (Wildman–Crippen LogP) is 3.29. The van der Waals surface area contributed by atoms with E-state index in [1.54, 1.807) is 12.1 Å². The van der Waals surface area contributed by atoms with E-state index in [9.17, 15) is 19.8 Å². The van der Waals surface area contributed by atoms with Gasteiger partial charge in [0.2, 0.25) is 0 Å². The number of pyridine rings is 1. The van der Waals surface area contributed by atoms with Crippen molar-refractivity contribution in [2.24, 2.45) is 5.41 Å². The Labute approximate surface area is 187 Å². The van der Waals surface area contributed by atoms with Crippen molar-refractivity contribution in [1.29, 1.82) is 0 Å². The summed E-state index contributed by atoms with van der Waals surface area (Å²) in [6.07, 6.45) is 3.19. The Morgan fingerprint density at radius 1 is 1.32 bits per heavy atom. The first-order valence-corrected chi connectivity index (χ1v) is 10.9. The summed E-state index contributed by atoms with van der Waals surface area (Å²) < 4.78 is 5.59. The number of halogens is 1. The van der Waals surface area contributed by atoms with Crippen LogP contribution in [0.15, 0.2) is 30.1 Å². The quantitative estimate of drug-likeness (QED) is 0.484. The summed E-state index contributed by atoms with van der Waals surface area (Å²) in [7, 11) is 0. The first-order chi connectivity index (χ1) is 14.5. The molecule has 1 aromatic heterocycles. The third-order valence-corrected chi connectivity index (χ3v) is 6.39. The van der Waals surface area contributed by atoms with Gasteiger partial charge in [0.05, 0.1) is 12.2 Å². The molecule has 3 heterocycles. The molecule has 1 aromatic rings. The van der Waals surface area contributed by atoms with Crippen molar-refractivity contribution >= 4 is 23.7 Å². The van der Waals surface area contributed by atoms with Gasteiger partial charge in [-0.15, -0.1) is 0 Å². The van der Waals surface area contributed by atoms with Gasteiger partial charge in [-0.2, -0.15) is 0 Å². The van der Waals surface area contributed by atoms with Crippen LogP contribution in [0.2, 0.25) is 5.15 Å². The van der Waals surface area contributed by atoms with Crippen molar-refractivity contribution in [2.75, 3.05) is 19.6 Å². The van der Waals surface area contributed by atoms with Crippen LogP contribution in [0.3, 0.4) is 0 Å². The summed E-state index contributed by atoms with van der Waals surface area (Å²) in [4.78, 5) is 31.3. The minimum Gasteiger partial charge on any atom is -0.465 e. The van der Waals surface area contributed by atoms with Crippen LogP contribution in [0.5, 0.6) is 0 Å². The molecule has 0 saturated carbocycles. The Kier molecular flexibility index (Phi) is 6.81. The lowest BCUT2D eigenvalue weighted by Gasteiger charge is -2.46. The third-order valence-electron chi connectivity index (χ3n) is 6.17. The number of likely N-dealkylation sites (tertiary alicyclic amines) is 1. The van der Waals surface area contributed by atoms with Crippen LogP contribution in [-0.4, -0.2) is 68.4 Å². The van der Waals surface area contributed by atoms with Gasteiger partial charge in [0, 0.05) is 31.9 Å². The normalized spacial score (nSPS) is 20.9. The molecule has 0 aliphatic carbocycles. The lowest BCUT2D eigenvalue weighted by atomic mass is 9.70. The first kappa shape index (κ1) is 23.3. The van der Waals surface area contributed by atoms with E-state index in [4.69, 9.17) is 16.3 Å². The van der Waals surface area contributed by atoms with Crippen LogP contribution in [0.25, 0.3) is 0 Å². The first-order valence-electron chi connectivity index (χ1n) is 10.5. The highest BCUT2D eigenvalue weighted by atomic mass is 35.5. The maximum atomic E-state index is 12.2. The van der Waals surface area contributed by atoms with Crippen LogP contribution in [0.4, 0.5) is 4.79 Å². The van der Waals surface area contributed by atoms with Crippen LogP contribution < -0.4 is 0 Å². The lowest BCUT2D eigenvalue weighted by Crippen LogP contribution is -2.56. The Morgan fingerprint density at radius 3 is 2.55 bits per heavy atom. The molecule has 170 valence electrons. The Morgan fingerprint density at radius 2 is 2.00 bits per heavy atom. The van der Waals surface area contributed by atoms with Gasteiger partial charge in [0.1, 0.15) is 10.8 Å². The minimum absolute atomic E-state index is 0.0626. The molecular weight excluding hydrogens is 422 g/mol. The number of amides is 1. The smallest absolute Gasteiger partial charge is 0.407 e. The molecule has 3 rings (SSSR count). The van der Waals surface area contributed by atoms with Crippen LogP contribution in [0, 0.1) is 5.41 Å². The zero-order valence-corrected chi connectivity index (χ0v) is 18.9. The molecule has 0 spiro atoms. The predicted molar refractivity (Wildman–Crippen MR) is 115 cm³/mol. The molecule has 0 aromatic carbocycles. The molecule has 1 amide bonds. The number of esters is 1. The number of ether oxygens (including phenoxy) is 1. The zero-order chi connectivity index (χ0) is 22.8. The van der Waals surface area contributed by atoms with Crippen molar-refractivity contribution in [3.05, 3.63) is 40.8 Å². The van der Waals surface area contributed by atoms with Gasteiger partial charge in [-0.1, -0.05) is 38.4 Å². The van der Waals surface area contributed by atoms with Gasteiger partial charge in [0.25, 0.3) is 0 Å². The summed E-state index contributed by atoms with van der Waals surface area (Å²) in [6.45, 7) is 7.40. The number of carbonyl (C=O) groups excluding carboxylic acids is 1. The Hall–Kier alpha value is -2.32. The fourth-order valence-electron chi connectivity index (χ4n) is 4.15. The maximum Gasteiger partial charge on any atom is 0.407 e. The van der Waals surface area contributed by atoms with Gasteiger partial charge < -0.3 is 24.7 Å². The molecular formula is C22H30ClN3O5. The second-order valence-electron chi connectivity index (χ2n) is 9.20. The standard InChI is InChI=1S/C22H30ClN3O5/c1-21(2,3)22(30,19-16(12-18(27)31-19)25-9-4-5-10-25)8-11-26(20(28)29)14-15-6-7-17(23)24-13-15/h6-7,12-13,19,30H,4-5,8-11,14H2,1-3H3,(H,28,29). The van der Waals surface area contributed by atoms with E-state index in [-0.39, 0.29) is 19.5 Å². The van der Waals surface area contributed by atoms with Crippen LogP contribution in [0.1, 0.15) is 45.6 Å². The van der Waals surface area contributed by atoms with Crippen LogP contribution >= 0.6 is 11.6 Å². The highest BCUT2D eigenvalue weighted by molar-refractivity contribution is 6.29. The van der Waals surface area contributed by atoms with Gasteiger partial charge in [-0.25, -0.2) is 14.6 Å². The summed E-state index contributed by atoms with van der Waals surface area (Å²) in [5.41, 5.74) is -0.758. The molecule has 1 fully saturated rings. The number of rotatable bonds is 7. The number of aromatic nitrogens is 1. The topological polar surface area (TPSA) is 103 Å². The molecule has 2 atom stereocenters. The Balaban J connectivity index is 1.81. The van der Waals surface area contributed by atoms with Crippen LogP contribution in [-0.2, 0) is 16.1 Å². The molecule has 2 unspecified atom stereocenters. The second kappa shape index (κ2) is 9.04. The number of cyclic esters (lactones) is 1. The van der Waals surface area contributed by atoms with Crippen molar-refractivity contribution in [2.45, 2.75) is 58.3 Å². The summed E-state index contributed by atoms with van der Waals surface area (Å²) >= 11 is 5.81. The molecule has 9 heteroatoms. The number of hydrogen-bond donors (Lipinski definition) is 2. The SMILES string of the molecule is CC(C)(C)C(O)(CCN(Cc1ccc(Cl)nc1)C(=O)O)C1OC(=O)C=C1N1CCCC1. The van der Waals surface area contributed by atoms with E-state index in [1.807, 2.05) is 20.8 Å². The van der Waals surface area contributed by atoms with Gasteiger partial charge in [-0.05, 0) is 36.3 Å².